The monoisotopic (exact) mass is 420 g/mol. The standard InChI is InChI=1S/C20H28N4O2S2/c1-16-10-13-27-19(16)15-23-20(21-2)22-14-17-6-8-18(9-7-17)28(25,26)24-11-4-3-5-12-24/h6-10,13H,3-5,11-12,14-15H2,1-2H3,(H2,21,22,23). The molecule has 152 valence electrons. The second-order valence-electron chi connectivity index (χ2n) is 6.91. The van der Waals surface area contributed by atoms with Gasteiger partial charge in [-0.05, 0) is 54.5 Å². The summed E-state index contributed by atoms with van der Waals surface area (Å²) in [4.78, 5) is 5.90. The Labute approximate surface area is 171 Å². The largest absolute Gasteiger partial charge is 0.352 e. The van der Waals surface area contributed by atoms with Crippen molar-refractivity contribution in [2.75, 3.05) is 20.1 Å². The van der Waals surface area contributed by atoms with Crippen LogP contribution in [0.25, 0.3) is 0 Å². The summed E-state index contributed by atoms with van der Waals surface area (Å²) in [6, 6.07) is 9.23. The van der Waals surface area contributed by atoms with E-state index in [4.69, 9.17) is 0 Å². The van der Waals surface area contributed by atoms with Gasteiger partial charge >= 0.3 is 0 Å². The van der Waals surface area contributed by atoms with Crippen LogP contribution in [0.4, 0.5) is 0 Å². The molecule has 1 aromatic heterocycles. The lowest BCUT2D eigenvalue weighted by Gasteiger charge is -2.25. The van der Waals surface area contributed by atoms with Crippen molar-refractivity contribution in [3.63, 3.8) is 0 Å². The van der Waals surface area contributed by atoms with Gasteiger partial charge in [0.25, 0.3) is 0 Å². The molecule has 2 N–H and O–H groups in total. The smallest absolute Gasteiger partial charge is 0.243 e. The molecular formula is C20H28N4O2S2. The molecule has 0 amide bonds. The van der Waals surface area contributed by atoms with Gasteiger partial charge in [-0.3, -0.25) is 4.99 Å². The molecule has 28 heavy (non-hydrogen) atoms. The molecule has 0 spiro atoms. The molecule has 6 nitrogen and oxygen atoms in total. The fraction of sp³-hybridized carbons (Fsp3) is 0.450. The number of nitrogens with one attached hydrogen (secondary N) is 2. The van der Waals surface area contributed by atoms with Gasteiger partial charge in [-0.2, -0.15) is 4.31 Å². The second-order valence-corrected chi connectivity index (χ2v) is 9.85. The number of aryl methyl sites for hydroxylation is 1. The molecule has 2 aromatic rings. The van der Waals surface area contributed by atoms with Gasteiger partial charge in [-0.1, -0.05) is 18.6 Å². The van der Waals surface area contributed by atoms with E-state index in [0.29, 0.717) is 24.5 Å². The van der Waals surface area contributed by atoms with Gasteiger partial charge in [0, 0.05) is 31.6 Å². The number of hydrogen-bond donors (Lipinski definition) is 2. The predicted octanol–water partition coefficient (Wildman–Crippen LogP) is 3.10. The van der Waals surface area contributed by atoms with Crippen molar-refractivity contribution in [1.29, 1.82) is 0 Å². The Morgan fingerprint density at radius 2 is 1.75 bits per heavy atom. The average Bonchev–Trinajstić information content (AvgIpc) is 3.14. The number of hydrogen-bond acceptors (Lipinski definition) is 4. The van der Waals surface area contributed by atoms with E-state index in [0.717, 1.165) is 37.3 Å². The Kier molecular flexibility index (Phi) is 7.09. The first-order valence-corrected chi connectivity index (χ1v) is 11.9. The molecule has 0 aliphatic carbocycles. The van der Waals surface area contributed by atoms with Crippen LogP contribution in [0.3, 0.4) is 0 Å². The zero-order chi connectivity index (χ0) is 20.0. The number of thiophene rings is 1. The zero-order valence-corrected chi connectivity index (χ0v) is 18.1. The molecule has 0 saturated carbocycles. The minimum Gasteiger partial charge on any atom is -0.352 e. The maximum Gasteiger partial charge on any atom is 0.243 e. The fourth-order valence-corrected chi connectivity index (χ4v) is 5.55. The van der Waals surface area contributed by atoms with E-state index in [9.17, 15) is 8.42 Å². The normalized spacial score (nSPS) is 16.1. The molecule has 1 saturated heterocycles. The highest BCUT2D eigenvalue weighted by Gasteiger charge is 2.25. The number of rotatable bonds is 6. The third kappa shape index (κ3) is 5.12. The third-order valence-electron chi connectivity index (χ3n) is 4.94. The van der Waals surface area contributed by atoms with Crippen molar-refractivity contribution < 1.29 is 8.42 Å². The van der Waals surface area contributed by atoms with Gasteiger partial charge in [0.05, 0.1) is 11.4 Å². The molecule has 0 atom stereocenters. The number of guanidine groups is 1. The zero-order valence-electron chi connectivity index (χ0n) is 16.4. The van der Waals surface area contributed by atoms with Crippen molar-refractivity contribution in [3.05, 3.63) is 51.7 Å². The van der Waals surface area contributed by atoms with Crippen LogP contribution in [-0.2, 0) is 23.1 Å². The average molecular weight is 421 g/mol. The summed E-state index contributed by atoms with van der Waals surface area (Å²) in [6.45, 7) is 4.65. The van der Waals surface area contributed by atoms with Crippen LogP contribution in [0.1, 0.15) is 35.3 Å². The SMILES string of the molecule is CN=C(NCc1ccc(S(=O)(=O)N2CCCCC2)cc1)NCc1sccc1C. The van der Waals surface area contributed by atoms with Crippen LogP contribution in [0.15, 0.2) is 45.6 Å². The van der Waals surface area contributed by atoms with Crippen LogP contribution >= 0.6 is 11.3 Å². The molecule has 0 unspecified atom stereocenters. The van der Waals surface area contributed by atoms with E-state index in [1.165, 1.54) is 10.4 Å². The number of benzene rings is 1. The molecule has 3 rings (SSSR count). The third-order valence-corrected chi connectivity index (χ3v) is 7.88. The Balaban J connectivity index is 1.55. The Hall–Kier alpha value is -1.90. The fourth-order valence-electron chi connectivity index (χ4n) is 3.19. The molecule has 1 aliphatic rings. The highest BCUT2D eigenvalue weighted by Crippen LogP contribution is 2.21. The molecule has 0 bridgehead atoms. The first-order chi connectivity index (χ1) is 13.5. The minimum absolute atomic E-state index is 0.369. The molecule has 0 radical (unpaired) electrons. The number of piperidine rings is 1. The summed E-state index contributed by atoms with van der Waals surface area (Å²) < 4.78 is 27.0. The minimum atomic E-state index is -3.37. The van der Waals surface area contributed by atoms with Crippen molar-refractivity contribution in [3.8, 4) is 0 Å². The van der Waals surface area contributed by atoms with E-state index in [2.05, 4.69) is 34.0 Å². The lowest BCUT2D eigenvalue weighted by atomic mass is 10.2. The van der Waals surface area contributed by atoms with E-state index in [-0.39, 0.29) is 0 Å². The van der Waals surface area contributed by atoms with E-state index < -0.39 is 10.0 Å². The molecule has 8 heteroatoms. The summed E-state index contributed by atoms with van der Waals surface area (Å²) in [5, 5.41) is 8.67. The van der Waals surface area contributed by atoms with E-state index >= 15 is 0 Å². The van der Waals surface area contributed by atoms with Crippen LogP contribution in [0.2, 0.25) is 0 Å². The lowest BCUT2D eigenvalue weighted by Crippen LogP contribution is -2.36. The van der Waals surface area contributed by atoms with Crippen LogP contribution in [0.5, 0.6) is 0 Å². The highest BCUT2D eigenvalue weighted by atomic mass is 32.2. The summed E-state index contributed by atoms with van der Waals surface area (Å²) in [7, 11) is -1.63. The maximum atomic E-state index is 12.7. The topological polar surface area (TPSA) is 73.8 Å². The summed E-state index contributed by atoms with van der Waals surface area (Å²) in [6.07, 6.45) is 2.99. The lowest BCUT2D eigenvalue weighted by molar-refractivity contribution is 0.346. The number of aliphatic imine (C=N–C) groups is 1. The Morgan fingerprint density at radius 1 is 1.07 bits per heavy atom. The second kappa shape index (κ2) is 9.54. The molecule has 1 aliphatic heterocycles. The van der Waals surface area contributed by atoms with Crippen LogP contribution in [-0.4, -0.2) is 38.8 Å². The van der Waals surface area contributed by atoms with Crippen molar-refractivity contribution in [1.82, 2.24) is 14.9 Å². The van der Waals surface area contributed by atoms with Gasteiger partial charge in [-0.25, -0.2) is 8.42 Å². The van der Waals surface area contributed by atoms with Gasteiger partial charge in [-0.15, -0.1) is 11.3 Å². The number of nitrogens with zero attached hydrogens (tertiary/aromatic N) is 2. The van der Waals surface area contributed by atoms with Crippen LogP contribution < -0.4 is 10.6 Å². The first-order valence-electron chi connectivity index (χ1n) is 9.57. The Morgan fingerprint density at radius 3 is 2.36 bits per heavy atom. The summed E-state index contributed by atoms with van der Waals surface area (Å²) in [5.74, 6) is 0.720. The molecule has 2 heterocycles. The van der Waals surface area contributed by atoms with E-state index in [1.54, 1.807) is 34.8 Å². The number of sulfonamides is 1. The van der Waals surface area contributed by atoms with Crippen molar-refractivity contribution in [2.24, 2.45) is 4.99 Å². The molecule has 1 fully saturated rings. The van der Waals surface area contributed by atoms with Crippen LogP contribution in [0, 0.1) is 6.92 Å². The predicted molar refractivity (Wildman–Crippen MR) is 115 cm³/mol. The maximum absolute atomic E-state index is 12.7. The van der Waals surface area contributed by atoms with E-state index in [1.807, 2.05) is 12.1 Å². The molecule has 1 aromatic carbocycles. The van der Waals surface area contributed by atoms with Crippen molar-refractivity contribution in [2.45, 2.75) is 44.2 Å². The summed E-state index contributed by atoms with van der Waals surface area (Å²) >= 11 is 1.73. The molecular weight excluding hydrogens is 392 g/mol. The highest BCUT2D eigenvalue weighted by molar-refractivity contribution is 7.89. The van der Waals surface area contributed by atoms with Gasteiger partial charge < -0.3 is 10.6 Å². The summed E-state index contributed by atoms with van der Waals surface area (Å²) in [5.41, 5.74) is 2.28. The quantitative estimate of drug-likeness (QED) is 0.556. The van der Waals surface area contributed by atoms with Crippen molar-refractivity contribution >= 4 is 27.3 Å². The van der Waals surface area contributed by atoms with Gasteiger partial charge in [0.15, 0.2) is 5.96 Å². The first kappa shape index (κ1) is 20.8. The van der Waals surface area contributed by atoms with Gasteiger partial charge in [0.2, 0.25) is 10.0 Å². The van der Waals surface area contributed by atoms with Gasteiger partial charge in [0.1, 0.15) is 0 Å². The Bertz CT molecular complexity index is 899.